The maximum atomic E-state index is 13.8. The van der Waals surface area contributed by atoms with E-state index in [1.165, 1.54) is 6.20 Å². The molecule has 11 heteroatoms. The Labute approximate surface area is 181 Å². The van der Waals surface area contributed by atoms with Crippen molar-refractivity contribution in [2.24, 2.45) is 11.8 Å². The molecule has 0 amide bonds. The topological polar surface area (TPSA) is 91.0 Å². The zero-order chi connectivity index (χ0) is 21.9. The van der Waals surface area contributed by atoms with Crippen LogP contribution in [-0.4, -0.2) is 65.4 Å². The van der Waals surface area contributed by atoms with Gasteiger partial charge in [0.25, 0.3) is 0 Å². The molecule has 3 aromatic rings. The number of morpholine rings is 1. The highest BCUT2D eigenvalue weighted by molar-refractivity contribution is 5.94. The zero-order valence-corrected chi connectivity index (χ0v) is 17.1. The Morgan fingerprint density at radius 2 is 1.88 bits per heavy atom. The maximum absolute atomic E-state index is 13.8. The molecule has 3 aliphatic rings. The molecule has 1 saturated carbocycles. The monoisotopic (exact) mass is 445 g/mol. The molecule has 0 aromatic carbocycles. The fourth-order valence-electron chi connectivity index (χ4n) is 4.80. The van der Waals surface area contributed by atoms with E-state index in [1.807, 2.05) is 6.07 Å². The van der Waals surface area contributed by atoms with Gasteiger partial charge in [0.2, 0.25) is 5.95 Å². The Balaban J connectivity index is 1.37. The minimum Gasteiger partial charge on any atom is -0.378 e. The second-order valence-corrected chi connectivity index (χ2v) is 8.48. The number of fused-ring (bicyclic) bond motifs is 2. The first-order chi connectivity index (χ1) is 15.5. The number of aromatic nitrogens is 4. The van der Waals surface area contributed by atoms with Gasteiger partial charge in [0.05, 0.1) is 18.9 Å². The standard InChI is InChI=1S/C21H22F3N7O/c22-21(23,24)15-10-27-20(29-17-12-7-25-8-13(12)17)30-18(15)14-9-26-19-11(14)1-2-16(28-19)31-3-5-32-6-4-31/h1-2,9-10,12-13,17,25H,3-8H2,(H,26,28)(H,27,29,30). The van der Waals surface area contributed by atoms with Crippen LogP contribution in [0.2, 0.25) is 0 Å². The summed E-state index contributed by atoms with van der Waals surface area (Å²) >= 11 is 0. The van der Waals surface area contributed by atoms with E-state index in [4.69, 9.17) is 4.74 Å². The van der Waals surface area contributed by atoms with Crippen LogP contribution in [0.4, 0.5) is 24.9 Å². The first kappa shape index (κ1) is 19.7. The summed E-state index contributed by atoms with van der Waals surface area (Å²) in [5.74, 6) is 1.96. The SMILES string of the molecule is FC(F)(F)c1cnc(NC2C3CNCC32)nc1-c1c[nH]c2nc(N3CCOCC3)ccc12. The average Bonchev–Trinajstić information content (AvgIpc) is 3.15. The number of hydrogen-bond donors (Lipinski definition) is 3. The average molecular weight is 445 g/mol. The van der Waals surface area contributed by atoms with Crippen LogP contribution in [0.25, 0.3) is 22.3 Å². The Morgan fingerprint density at radius 3 is 2.62 bits per heavy atom. The molecule has 32 heavy (non-hydrogen) atoms. The fraction of sp³-hybridized carbons (Fsp3) is 0.476. The van der Waals surface area contributed by atoms with E-state index in [0.717, 1.165) is 38.2 Å². The van der Waals surface area contributed by atoms with Gasteiger partial charge in [-0.2, -0.15) is 13.2 Å². The van der Waals surface area contributed by atoms with E-state index in [2.05, 4.69) is 35.5 Å². The van der Waals surface area contributed by atoms with E-state index < -0.39 is 11.7 Å². The highest BCUT2D eigenvalue weighted by Crippen LogP contribution is 2.44. The van der Waals surface area contributed by atoms with Crippen LogP contribution >= 0.6 is 0 Å². The van der Waals surface area contributed by atoms with Crippen LogP contribution in [0.3, 0.4) is 0 Å². The number of rotatable bonds is 4. The van der Waals surface area contributed by atoms with Gasteiger partial charge in [-0.25, -0.2) is 15.0 Å². The van der Waals surface area contributed by atoms with Gasteiger partial charge >= 0.3 is 6.18 Å². The molecular formula is C21H22F3N7O. The van der Waals surface area contributed by atoms with Crippen molar-refractivity contribution in [3.8, 4) is 11.3 Å². The normalized spacial score (nSPS) is 25.2. The van der Waals surface area contributed by atoms with E-state index in [-0.39, 0.29) is 17.7 Å². The van der Waals surface area contributed by atoms with Crippen molar-refractivity contribution in [2.75, 3.05) is 49.6 Å². The molecular weight excluding hydrogens is 423 g/mol. The van der Waals surface area contributed by atoms with Gasteiger partial charge in [-0.15, -0.1) is 0 Å². The molecule has 1 aliphatic carbocycles. The maximum Gasteiger partial charge on any atom is 0.419 e. The lowest BCUT2D eigenvalue weighted by Crippen LogP contribution is -2.36. The van der Waals surface area contributed by atoms with E-state index in [1.54, 1.807) is 6.07 Å². The van der Waals surface area contributed by atoms with Gasteiger partial charge in [-0.1, -0.05) is 0 Å². The molecule has 168 valence electrons. The first-order valence-electron chi connectivity index (χ1n) is 10.7. The van der Waals surface area contributed by atoms with Gasteiger partial charge in [0.15, 0.2) is 0 Å². The fourth-order valence-corrected chi connectivity index (χ4v) is 4.80. The molecule has 5 heterocycles. The molecule has 2 aliphatic heterocycles. The molecule has 6 rings (SSSR count). The van der Waals surface area contributed by atoms with E-state index in [0.29, 0.717) is 41.6 Å². The van der Waals surface area contributed by atoms with Crippen molar-refractivity contribution in [1.82, 2.24) is 25.3 Å². The Kier molecular flexibility index (Phi) is 4.51. The number of H-pyrrole nitrogens is 1. The molecule has 0 spiro atoms. The predicted molar refractivity (Wildman–Crippen MR) is 112 cm³/mol. The van der Waals surface area contributed by atoms with Crippen molar-refractivity contribution in [3.63, 3.8) is 0 Å². The van der Waals surface area contributed by atoms with Gasteiger partial charge in [-0.3, -0.25) is 0 Å². The zero-order valence-electron chi connectivity index (χ0n) is 17.1. The number of nitrogens with one attached hydrogen (secondary N) is 3. The number of piperidine rings is 1. The number of aromatic amines is 1. The number of alkyl halides is 3. The lowest BCUT2D eigenvalue weighted by Gasteiger charge is -2.27. The third kappa shape index (κ3) is 3.36. The minimum absolute atomic E-state index is 0.147. The molecule has 2 saturated heterocycles. The van der Waals surface area contributed by atoms with Crippen molar-refractivity contribution in [3.05, 3.63) is 30.1 Å². The summed E-state index contributed by atoms with van der Waals surface area (Å²) in [7, 11) is 0. The molecule has 3 N–H and O–H groups in total. The summed E-state index contributed by atoms with van der Waals surface area (Å²) in [6, 6.07) is 3.84. The van der Waals surface area contributed by atoms with Gasteiger partial charge in [-0.05, 0) is 24.0 Å². The highest BCUT2D eigenvalue weighted by Gasteiger charge is 2.53. The number of nitrogens with zero attached hydrogens (tertiary/aromatic N) is 4. The number of halogens is 3. The number of anilines is 2. The smallest absolute Gasteiger partial charge is 0.378 e. The Hall–Kier alpha value is -2.92. The van der Waals surface area contributed by atoms with Crippen molar-refractivity contribution < 1.29 is 17.9 Å². The van der Waals surface area contributed by atoms with Gasteiger partial charge in [0.1, 0.15) is 17.0 Å². The molecule has 0 bridgehead atoms. The molecule has 2 atom stereocenters. The van der Waals surface area contributed by atoms with Crippen LogP contribution < -0.4 is 15.5 Å². The predicted octanol–water partition coefficient (Wildman–Crippen LogP) is 2.51. The van der Waals surface area contributed by atoms with Crippen LogP contribution in [0.5, 0.6) is 0 Å². The van der Waals surface area contributed by atoms with Crippen molar-refractivity contribution in [1.29, 1.82) is 0 Å². The molecule has 3 fully saturated rings. The molecule has 0 radical (unpaired) electrons. The lowest BCUT2D eigenvalue weighted by molar-refractivity contribution is -0.137. The quantitative estimate of drug-likeness (QED) is 0.569. The summed E-state index contributed by atoms with van der Waals surface area (Å²) in [6.45, 7) is 4.53. The molecule has 2 unspecified atom stereocenters. The van der Waals surface area contributed by atoms with E-state index in [9.17, 15) is 13.2 Å². The molecule has 8 nitrogen and oxygen atoms in total. The van der Waals surface area contributed by atoms with E-state index >= 15 is 0 Å². The van der Waals surface area contributed by atoms with Crippen LogP contribution in [0.1, 0.15) is 5.56 Å². The van der Waals surface area contributed by atoms with Crippen LogP contribution in [0, 0.1) is 11.8 Å². The van der Waals surface area contributed by atoms with Crippen molar-refractivity contribution >= 4 is 22.8 Å². The summed E-state index contributed by atoms with van der Waals surface area (Å²) in [5.41, 5.74) is -0.130. The third-order valence-electron chi connectivity index (χ3n) is 6.60. The number of ether oxygens (including phenoxy) is 1. The lowest BCUT2D eigenvalue weighted by atomic mass is 10.1. The van der Waals surface area contributed by atoms with Gasteiger partial charge in [0, 0.05) is 55.6 Å². The van der Waals surface area contributed by atoms with Gasteiger partial charge < -0.3 is 25.3 Å². The minimum atomic E-state index is -4.57. The van der Waals surface area contributed by atoms with Crippen LogP contribution in [0.15, 0.2) is 24.5 Å². The second kappa shape index (κ2) is 7.31. The Morgan fingerprint density at radius 1 is 1.09 bits per heavy atom. The molecule has 3 aromatic heterocycles. The third-order valence-corrected chi connectivity index (χ3v) is 6.60. The first-order valence-corrected chi connectivity index (χ1v) is 10.7. The van der Waals surface area contributed by atoms with Crippen LogP contribution in [-0.2, 0) is 10.9 Å². The number of pyridine rings is 1. The second-order valence-electron chi connectivity index (χ2n) is 8.48. The largest absolute Gasteiger partial charge is 0.419 e. The highest BCUT2D eigenvalue weighted by atomic mass is 19.4. The van der Waals surface area contributed by atoms with Crippen molar-refractivity contribution in [2.45, 2.75) is 12.2 Å². The Bertz CT molecular complexity index is 1150. The summed E-state index contributed by atoms with van der Waals surface area (Å²) in [6.07, 6.45) is -2.16. The summed E-state index contributed by atoms with van der Waals surface area (Å²) in [4.78, 5) is 18.0. The summed E-state index contributed by atoms with van der Waals surface area (Å²) in [5, 5.41) is 7.11. The number of hydrogen-bond acceptors (Lipinski definition) is 7. The summed E-state index contributed by atoms with van der Waals surface area (Å²) < 4.78 is 46.7.